The highest BCUT2D eigenvalue weighted by Gasteiger charge is 2.23. The van der Waals surface area contributed by atoms with Crippen LogP contribution in [-0.4, -0.2) is 42.5 Å². The molecule has 0 spiro atoms. The summed E-state index contributed by atoms with van der Waals surface area (Å²) in [5.74, 6) is 2.17. The van der Waals surface area contributed by atoms with Crippen molar-refractivity contribution in [2.75, 3.05) is 26.6 Å². The standard InChI is InChI=1S/C20H22N4O5S/c1-27-12-8-10(9-13(28-2)16(12)29-3)17-21-18(23-20(25)24-26)15-11-6-4-5-7-14(11)30-19(15)22-17/h8-9,26H,4-7H2,1-3H3,(H2,21,22,23,24,25). The maximum atomic E-state index is 11.9. The van der Waals surface area contributed by atoms with Crippen LogP contribution in [0.25, 0.3) is 21.6 Å². The number of benzene rings is 1. The SMILES string of the molecule is COc1cc(-c2nc(NC(=O)NO)c3c4c(sc3n2)CCCC4)cc(OC)c1OC. The highest BCUT2D eigenvalue weighted by Crippen LogP contribution is 2.43. The number of thiophene rings is 1. The summed E-state index contributed by atoms with van der Waals surface area (Å²) < 4.78 is 16.3. The summed E-state index contributed by atoms with van der Waals surface area (Å²) in [6, 6.07) is 2.75. The smallest absolute Gasteiger partial charge is 0.344 e. The molecule has 9 nitrogen and oxygen atoms in total. The Kier molecular flexibility index (Phi) is 5.60. The van der Waals surface area contributed by atoms with Crippen molar-refractivity contribution in [1.29, 1.82) is 0 Å². The summed E-state index contributed by atoms with van der Waals surface area (Å²) in [7, 11) is 4.61. The van der Waals surface area contributed by atoms with E-state index in [-0.39, 0.29) is 0 Å². The third-order valence-corrected chi connectivity index (χ3v) is 6.26. The van der Waals surface area contributed by atoms with Crippen molar-refractivity contribution in [1.82, 2.24) is 15.4 Å². The molecule has 0 aliphatic heterocycles. The minimum Gasteiger partial charge on any atom is -0.493 e. The van der Waals surface area contributed by atoms with E-state index in [1.807, 2.05) is 0 Å². The molecular formula is C20H22N4O5S. The van der Waals surface area contributed by atoms with Gasteiger partial charge in [0.1, 0.15) is 10.6 Å². The summed E-state index contributed by atoms with van der Waals surface area (Å²) in [4.78, 5) is 23.3. The minimum absolute atomic E-state index is 0.356. The zero-order valence-electron chi connectivity index (χ0n) is 16.9. The van der Waals surface area contributed by atoms with Gasteiger partial charge in [0.05, 0.1) is 26.7 Å². The van der Waals surface area contributed by atoms with Gasteiger partial charge in [0.15, 0.2) is 17.3 Å². The molecule has 30 heavy (non-hydrogen) atoms. The number of aromatic nitrogens is 2. The molecule has 1 aromatic carbocycles. The van der Waals surface area contributed by atoms with Gasteiger partial charge in [-0.25, -0.2) is 20.2 Å². The number of ether oxygens (including phenoxy) is 3. The van der Waals surface area contributed by atoms with Crippen LogP contribution in [0.1, 0.15) is 23.3 Å². The van der Waals surface area contributed by atoms with Crippen molar-refractivity contribution in [3.8, 4) is 28.6 Å². The Labute approximate surface area is 177 Å². The molecule has 0 atom stereocenters. The molecule has 0 saturated carbocycles. The molecule has 1 aliphatic carbocycles. The van der Waals surface area contributed by atoms with E-state index in [0.717, 1.165) is 35.9 Å². The van der Waals surface area contributed by atoms with Crippen LogP contribution in [0.15, 0.2) is 12.1 Å². The van der Waals surface area contributed by atoms with E-state index in [4.69, 9.17) is 24.4 Å². The number of fused-ring (bicyclic) bond motifs is 3. The lowest BCUT2D eigenvalue weighted by Crippen LogP contribution is -2.26. The monoisotopic (exact) mass is 430 g/mol. The van der Waals surface area contributed by atoms with E-state index in [2.05, 4.69) is 10.3 Å². The zero-order valence-corrected chi connectivity index (χ0v) is 17.7. The second-order valence-electron chi connectivity index (χ2n) is 6.77. The molecule has 0 bridgehead atoms. The largest absolute Gasteiger partial charge is 0.493 e. The summed E-state index contributed by atoms with van der Waals surface area (Å²) in [5.41, 5.74) is 3.41. The average Bonchev–Trinajstić information content (AvgIpc) is 3.16. The van der Waals surface area contributed by atoms with Crippen LogP contribution in [0.4, 0.5) is 10.6 Å². The first-order chi connectivity index (χ1) is 14.6. The van der Waals surface area contributed by atoms with Gasteiger partial charge in [0.25, 0.3) is 0 Å². The lowest BCUT2D eigenvalue weighted by atomic mass is 9.97. The third-order valence-electron chi connectivity index (χ3n) is 5.07. The van der Waals surface area contributed by atoms with Crippen molar-refractivity contribution in [2.45, 2.75) is 25.7 Å². The number of carbonyl (C=O) groups excluding carboxylic acids is 1. The first-order valence-corrected chi connectivity index (χ1v) is 10.2. The van der Waals surface area contributed by atoms with Crippen molar-refractivity contribution >= 4 is 33.4 Å². The molecule has 3 N–H and O–H groups in total. The van der Waals surface area contributed by atoms with Gasteiger partial charge in [-0.2, -0.15) is 0 Å². The highest BCUT2D eigenvalue weighted by atomic mass is 32.1. The fourth-order valence-electron chi connectivity index (χ4n) is 3.72. The Morgan fingerprint density at radius 2 is 1.77 bits per heavy atom. The minimum atomic E-state index is -0.762. The van der Waals surface area contributed by atoms with Gasteiger partial charge in [-0.05, 0) is 43.4 Å². The number of methoxy groups -OCH3 is 3. The van der Waals surface area contributed by atoms with Gasteiger partial charge < -0.3 is 14.2 Å². The van der Waals surface area contributed by atoms with Crippen LogP contribution in [0, 0.1) is 0 Å². The van der Waals surface area contributed by atoms with Crippen molar-refractivity contribution in [2.24, 2.45) is 0 Å². The second kappa shape index (κ2) is 8.33. The van der Waals surface area contributed by atoms with Gasteiger partial charge in [-0.15, -0.1) is 11.3 Å². The molecule has 0 fully saturated rings. The number of urea groups is 1. The lowest BCUT2D eigenvalue weighted by molar-refractivity contribution is 0.172. The highest BCUT2D eigenvalue weighted by molar-refractivity contribution is 7.19. The van der Waals surface area contributed by atoms with Crippen LogP contribution in [0.3, 0.4) is 0 Å². The van der Waals surface area contributed by atoms with E-state index in [1.165, 1.54) is 31.8 Å². The zero-order chi connectivity index (χ0) is 21.3. The Bertz CT molecular complexity index is 1090. The molecule has 2 aromatic heterocycles. The third kappa shape index (κ3) is 3.48. The number of aryl methyl sites for hydroxylation is 2. The normalized spacial score (nSPS) is 12.9. The number of rotatable bonds is 5. The number of amides is 2. The topological polar surface area (TPSA) is 115 Å². The molecule has 4 rings (SSSR count). The molecule has 158 valence electrons. The summed E-state index contributed by atoms with van der Waals surface area (Å²) in [6.45, 7) is 0. The average molecular weight is 430 g/mol. The van der Waals surface area contributed by atoms with Crippen LogP contribution in [-0.2, 0) is 12.8 Å². The Balaban J connectivity index is 1.93. The van der Waals surface area contributed by atoms with E-state index in [1.54, 1.807) is 28.9 Å². The van der Waals surface area contributed by atoms with E-state index >= 15 is 0 Å². The number of anilines is 1. The lowest BCUT2D eigenvalue weighted by Gasteiger charge is -2.15. The van der Waals surface area contributed by atoms with Crippen LogP contribution in [0.5, 0.6) is 17.2 Å². The number of hydroxylamine groups is 1. The number of hydrogen-bond donors (Lipinski definition) is 3. The summed E-state index contributed by atoms with van der Waals surface area (Å²) >= 11 is 1.61. The Morgan fingerprint density at radius 3 is 2.40 bits per heavy atom. The second-order valence-corrected chi connectivity index (χ2v) is 7.85. The molecule has 2 amide bonds. The van der Waals surface area contributed by atoms with Gasteiger partial charge in [0.2, 0.25) is 5.75 Å². The predicted molar refractivity (Wildman–Crippen MR) is 113 cm³/mol. The molecule has 3 aromatic rings. The first kappa shape index (κ1) is 20.2. The molecule has 0 unspecified atom stereocenters. The van der Waals surface area contributed by atoms with Crippen LogP contribution < -0.4 is 25.0 Å². The quantitative estimate of drug-likeness (QED) is 0.417. The summed E-state index contributed by atoms with van der Waals surface area (Å²) in [6.07, 6.45) is 4.12. The molecule has 1 aliphatic rings. The van der Waals surface area contributed by atoms with E-state index < -0.39 is 6.03 Å². The van der Waals surface area contributed by atoms with Gasteiger partial charge >= 0.3 is 6.03 Å². The van der Waals surface area contributed by atoms with E-state index in [9.17, 15) is 4.79 Å². The molecule has 2 heterocycles. The molecule has 10 heteroatoms. The predicted octanol–water partition coefficient (Wildman–Crippen LogP) is 3.77. The van der Waals surface area contributed by atoms with Gasteiger partial charge in [-0.1, -0.05) is 0 Å². The molecule has 0 saturated heterocycles. The van der Waals surface area contributed by atoms with E-state index in [0.29, 0.717) is 34.5 Å². The van der Waals surface area contributed by atoms with Crippen molar-refractivity contribution in [3.05, 3.63) is 22.6 Å². The molecular weight excluding hydrogens is 408 g/mol. The number of nitrogens with one attached hydrogen (secondary N) is 2. The fourth-order valence-corrected chi connectivity index (χ4v) is 4.98. The summed E-state index contributed by atoms with van der Waals surface area (Å²) in [5, 5.41) is 12.4. The van der Waals surface area contributed by atoms with Gasteiger partial charge in [-0.3, -0.25) is 10.5 Å². The Hall–Kier alpha value is -3.11. The maximum Gasteiger partial charge on any atom is 0.344 e. The van der Waals surface area contributed by atoms with Crippen LogP contribution >= 0.6 is 11.3 Å². The maximum absolute atomic E-state index is 11.9. The first-order valence-electron chi connectivity index (χ1n) is 9.43. The fraction of sp³-hybridized carbons (Fsp3) is 0.350. The molecule has 0 radical (unpaired) electrons. The van der Waals surface area contributed by atoms with Gasteiger partial charge in [0, 0.05) is 10.4 Å². The number of carbonyl (C=O) groups is 1. The number of hydrogen-bond acceptors (Lipinski definition) is 8. The van der Waals surface area contributed by atoms with Crippen molar-refractivity contribution in [3.63, 3.8) is 0 Å². The number of nitrogens with zero attached hydrogens (tertiary/aromatic N) is 2. The van der Waals surface area contributed by atoms with Crippen molar-refractivity contribution < 1.29 is 24.2 Å². The van der Waals surface area contributed by atoms with Crippen LogP contribution in [0.2, 0.25) is 0 Å². The Morgan fingerprint density at radius 1 is 1.07 bits per heavy atom.